The summed E-state index contributed by atoms with van der Waals surface area (Å²) in [4.78, 5) is 14.0. The Morgan fingerprint density at radius 2 is 1.95 bits per heavy atom. The van der Waals surface area contributed by atoms with Crippen LogP contribution in [0.4, 0.5) is 4.79 Å². The lowest BCUT2D eigenvalue weighted by Gasteiger charge is -2.33. The molecule has 0 bridgehead atoms. The molecule has 1 heterocycles. The smallest absolute Gasteiger partial charge is 0.411 e. The molecule has 1 aliphatic heterocycles. The van der Waals surface area contributed by atoms with Crippen LogP contribution in [-0.4, -0.2) is 29.2 Å². The van der Waals surface area contributed by atoms with E-state index in [0.717, 1.165) is 12.0 Å². The molecule has 3 nitrogen and oxygen atoms in total. The van der Waals surface area contributed by atoms with Gasteiger partial charge in [-0.25, -0.2) is 4.79 Å². The van der Waals surface area contributed by atoms with Crippen molar-refractivity contribution < 1.29 is 9.53 Å². The SMILES string of the molecule is CC(C)(C)OC(=O)N1CC=CC[C@H]1/C=C/c1ccccc1. The van der Waals surface area contributed by atoms with Crippen molar-refractivity contribution in [2.24, 2.45) is 0 Å². The maximum atomic E-state index is 12.3. The van der Waals surface area contributed by atoms with Gasteiger partial charge >= 0.3 is 6.09 Å². The lowest BCUT2D eigenvalue weighted by Crippen LogP contribution is -2.43. The van der Waals surface area contributed by atoms with Crippen molar-refractivity contribution in [1.29, 1.82) is 0 Å². The van der Waals surface area contributed by atoms with E-state index in [1.807, 2.05) is 57.2 Å². The number of hydrogen-bond donors (Lipinski definition) is 0. The Labute approximate surface area is 126 Å². The summed E-state index contributed by atoms with van der Waals surface area (Å²) in [7, 11) is 0. The molecule has 1 amide bonds. The van der Waals surface area contributed by atoms with Gasteiger partial charge in [-0.05, 0) is 32.8 Å². The van der Waals surface area contributed by atoms with E-state index in [9.17, 15) is 4.79 Å². The van der Waals surface area contributed by atoms with Crippen LogP contribution in [0.25, 0.3) is 6.08 Å². The van der Waals surface area contributed by atoms with Crippen LogP contribution in [0.3, 0.4) is 0 Å². The van der Waals surface area contributed by atoms with Crippen molar-refractivity contribution in [3.05, 3.63) is 54.1 Å². The van der Waals surface area contributed by atoms with Crippen LogP contribution in [0.5, 0.6) is 0 Å². The minimum Gasteiger partial charge on any atom is -0.444 e. The lowest BCUT2D eigenvalue weighted by atomic mass is 10.1. The van der Waals surface area contributed by atoms with Crippen molar-refractivity contribution in [3.8, 4) is 0 Å². The van der Waals surface area contributed by atoms with E-state index in [1.165, 1.54) is 0 Å². The Hall–Kier alpha value is -2.03. The number of carbonyl (C=O) groups is 1. The molecule has 0 saturated heterocycles. The summed E-state index contributed by atoms with van der Waals surface area (Å²) < 4.78 is 5.48. The van der Waals surface area contributed by atoms with Gasteiger partial charge in [-0.15, -0.1) is 0 Å². The molecule has 0 radical (unpaired) electrons. The first-order valence-electron chi connectivity index (χ1n) is 7.33. The van der Waals surface area contributed by atoms with Gasteiger partial charge in [-0.3, -0.25) is 4.90 Å². The number of nitrogens with zero attached hydrogens (tertiary/aromatic N) is 1. The average molecular weight is 285 g/mol. The van der Waals surface area contributed by atoms with Gasteiger partial charge in [0.25, 0.3) is 0 Å². The first-order valence-corrected chi connectivity index (χ1v) is 7.33. The van der Waals surface area contributed by atoms with Gasteiger partial charge in [0.15, 0.2) is 0 Å². The van der Waals surface area contributed by atoms with Crippen LogP contribution >= 0.6 is 0 Å². The van der Waals surface area contributed by atoms with E-state index in [4.69, 9.17) is 4.74 Å². The molecule has 0 saturated carbocycles. The van der Waals surface area contributed by atoms with Crippen LogP contribution in [-0.2, 0) is 4.74 Å². The second kappa shape index (κ2) is 6.61. The Morgan fingerprint density at radius 1 is 1.24 bits per heavy atom. The van der Waals surface area contributed by atoms with Gasteiger partial charge in [0.2, 0.25) is 0 Å². The highest BCUT2D eigenvalue weighted by molar-refractivity contribution is 5.70. The first kappa shape index (κ1) is 15.4. The van der Waals surface area contributed by atoms with Crippen molar-refractivity contribution in [3.63, 3.8) is 0 Å². The summed E-state index contributed by atoms with van der Waals surface area (Å²) in [6, 6.07) is 10.1. The third kappa shape index (κ3) is 4.78. The molecule has 0 unspecified atom stereocenters. The molecule has 1 aromatic rings. The molecule has 112 valence electrons. The second-order valence-electron chi connectivity index (χ2n) is 6.18. The Kier molecular flexibility index (Phi) is 4.84. The molecule has 2 rings (SSSR count). The van der Waals surface area contributed by atoms with Crippen molar-refractivity contribution in [2.45, 2.75) is 38.8 Å². The molecule has 0 fully saturated rings. The van der Waals surface area contributed by atoms with Crippen molar-refractivity contribution in [1.82, 2.24) is 4.90 Å². The molecular formula is C18H23NO2. The van der Waals surface area contributed by atoms with Crippen LogP contribution in [0.15, 0.2) is 48.6 Å². The zero-order chi connectivity index (χ0) is 15.3. The topological polar surface area (TPSA) is 29.5 Å². The Morgan fingerprint density at radius 3 is 2.62 bits per heavy atom. The van der Waals surface area contributed by atoms with Gasteiger partial charge in [0.1, 0.15) is 5.60 Å². The molecule has 1 aromatic carbocycles. The minimum absolute atomic E-state index is 0.0463. The van der Waals surface area contributed by atoms with E-state index in [2.05, 4.69) is 18.2 Å². The fourth-order valence-electron chi connectivity index (χ4n) is 2.19. The maximum absolute atomic E-state index is 12.3. The quantitative estimate of drug-likeness (QED) is 0.760. The van der Waals surface area contributed by atoms with Gasteiger partial charge in [-0.1, -0.05) is 54.6 Å². The molecule has 0 N–H and O–H groups in total. The monoisotopic (exact) mass is 285 g/mol. The highest BCUT2D eigenvalue weighted by Crippen LogP contribution is 2.18. The number of benzene rings is 1. The standard InChI is InChI=1S/C18H23NO2/c1-18(2,3)21-17(20)19-14-8-7-11-16(19)13-12-15-9-5-4-6-10-15/h4-10,12-13,16H,11,14H2,1-3H3/b13-12+/t16-/m0/s1. The highest BCUT2D eigenvalue weighted by Gasteiger charge is 2.27. The summed E-state index contributed by atoms with van der Waals surface area (Å²) in [5.41, 5.74) is 0.669. The molecular weight excluding hydrogens is 262 g/mol. The van der Waals surface area contributed by atoms with Crippen LogP contribution in [0, 0.1) is 0 Å². The molecule has 21 heavy (non-hydrogen) atoms. The minimum atomic E-state index is -0.466. The van der Waals surface area contributed by atoms with Gasteiger partial charge < -0.3 is 4.74 Å². The molecule has 0 spiro atoms. The normalized spacial score (nSPS) is 19.0. The number of ether oxygens (including phenoxy) is 1. The molecule has 0 aliphatic carbocycles. The fraction of sp³-hybridized carbons (Fsp3) is 0.389. The molecule has 3 heteroatoms. The summed E-state index contributed by atoms with van der Waals surface area (Å²) in [5.74, 6) is 0. The summed E-state index contributed by atoms with van der Waals surface area (Å²) in [6.45, 7) is 6.26. The molecule has 0 aromatic heterocycles. The van der Waals surface area contributed by atoms with Crippen LogP contribution < -0.4 is 0 Å². The third-order valence-electron chi connectivity index (χ3n) is 3.19. The summed E-state index contributed by atoms with van der Waals surface area (Å²) in [6.07, 6.45) is 8.82. The van der Waals surface area contributed by atoms with Crippen LogP contribution in [0.1, 0.15) is 32.8 Å². The Bertz CT molecular complexity index is 526. The van der Waals surface area contributed by atoms with E-state index >= 15 is 0 Å². The predicted octanol–water partition coefficient (Wildman–Crippen LogP) is 4.27. The van der Waals surface area contributed by atoms with E-state index in [-0.39, 0.29) is 12.1 Å². The van der Waals surface area contributed by atoms with E-state index in [1.54, 1.807) is 4.90 Å². The largest absolute Gasteiger partial charge is 0.444 e. The molecule has 1 aliphatic rings. The zero-order valence-corrected chi connectivity index (χ0v) is 13.0. The highest BCUT2D eigenvalue weighted by atomic mass is 16.6. The second-order valence-corrected chi connectivity index (χ2v) is 6.18. The van der Waals surface area contributed by atoms with Crippen molar-refractivity contribution in [2.75, 3.05) is 6.54 Å². The van der Waals surface area contributed by atoms with Gasteiger partial charge in [0, 0.05) is 6.54 Å². The number of amides is 1. The number of rotatable bonds is 2. The van der Waals surface area contributed by atoms with Crippen LogP contribution in [0.2, 0.25) is 0 Å². The average Bonchev–Trinajstić information content (AvgIpc) is 2.45. The maximum Gasteiger partial charge on any atom is 0.411 e. The Balaban J connectivity index is 2.07. The third-order valence-corrected chi connectivity index (χ3v) is 3.19. The molecule has 1 atom stereocenters. The lowest BCUT2D eigenvalue weighted by molar-refractivity contribution is 0.0218. The number of carbonyl (C=O) groups excluding carboxylic acids is 1. The van der Waals surface area contributed by atoms with Gasteiger partial charge in [-0.2, -0.15) is 0 Å². The predicted molar refractivity (Wildman–Crippen MR) is 86.0 cm³/mol. The first-order chi connectivity index (χ1) is 9.96. The van der Waals surface area contributed by atoms with E-state index in [0.29, 0.717) is 6.54 Å². The zero-order valence-electron chi connectivity index (χ0n) is 13.0. The van der Waals surface area contributed by atoms with Crippen molar-refractivity contribution >= 4 is 12.2 Å². The summed E-state index contributed by atoms with van der Waals surface area (Å²) in [5, 5.41) is 0. The van der Waals surface area contributed by atoms with Gasteiger partial charge in [0.05, 0.1) is 6.04 Å². The fourth-order valence-corrected chi connectivity index (χ4v) is 2.19. The van der Waals surface area contributed by atoms with E-state index < -0.39 is 5.60 Å². The summed E-state index contributed by atoms with van der Waals surface area (Å²) >= 11 is 0. The number of hydrogen-bond acceptors (Lipinski definition) is 2.